The van der Waals surface area contributed by atoms with Crippen molar-refractivity contribution in [1.29, 1.82) is 0 Å². The molecule has 1 saturated carbocycles. The molecule has 102 valence electrons. The minimum absolute atomic E-state index is 0.0344. The van der Waals surface area contributed by atoms with Crippen LogP contribution in [0.15, 0.2) is 6.33 Å². The molecule has 1 aromatic heterocycles. The van der Waals surface area contributed by atoms with Crippen molar-refractivity contribution in [2.24, 2.45) is 5.92 Å². The molecule has 3 rings (SSSR count). The van der Waals surface area contributed by atoms with Crippen LogP contribution in [-0.4, -0.2) is 39.4 Å². The Kier molecular flexibility index (Phi) is 2.97. The highest BCUT2D eigenvalue weighted by Gasteiger charge is 2.44. The lowest BCUT2D eigenvalue weighted by molar-refractivity contribution is -0.128. The topological polar surface area (TPSA) is 84.1 Å². The van der Waals surface area contributed by atoms with Crippen LogP contribution in [0.5, 0.6) is 0 Å². The minimum Gasteiger partial charge on any atom is -0.382 e. The zero-order valence-corrected chi connectivity index (χ0v) is 11.4. The highest BCUT2D eigenvalue weighted by atomic mass is 35.5. The van der Waals surface area contributed by atoms with Gasteiger partial charge in [0.15, 0.2) is 5.82 Å². The maximum Gasteiger partial charge on any atom is 0.225 e. The summed E-state index contributed by atoms with van der Waals surface area (Å²) in [7, 11) is 0. The van der Waals surface area contributed by atoms with E-state index in [1.165, 1.54) is 6.33 Å². The first-order valence-electron chi connectivity index (χ1n) is 6.38. The van der Waals surface area contributed by atoms with E-state index in [0.29, 0.717) is 35.8 Å². The van der Waals surface area contributed by atoms with Crippen molar-refractivity contribution < 1.29 is 4.79 Å². The van der Waals surface area contributed by atoms with Crippen LogP contribution in [0.3, 0.4) is 0 Å². The number of carbonyl (C=O) groups excluding carboxylic acids is 1. The molecule has 7 heteroatoms. The van der Waals surface area contributed by atoms with E-state index in [4.69, 9.17) is 17.3 Å². The smallest absolute Gasteiger partial charge is 0.225 e. The van der Waals surface area contributed by atoms with Crippen LogP contribution < -0.4 is 11.1 Å². The van der Waals surface area contributed by atoms with E-state index in [2.05, 4.69) is 22.2 Å². The molecule has 1 saturated heterocycles. The summed E-state index contributed by atoms with van der Waals surface area (Å²) in [6, 6.07) is 0.456. The van der Waals surface area contributed by atoms with Gasteiger partial charge in [-0.15, -0.1) is 0 Å². The maximum absolute atomic E-state index is 11.9. The molecule has 1 aliphatic carbocycles. The average Bonchev–Trinajstić information content (AvgIpc) is 2.97. The predicted octanol–water partition coefficient (Wildman–Crippen LogP) is 1.13. The number of carbonyl (C=O) groups is 1. The van der Waals surface area contributed by atoms with Gasteiger partial charge in [0.2, 0.25) is 5.91 Å². The second-order valence-electron chi connectivity index (χ2n) is 5.29. The van der Waals surface area contributed by atoms with Crippen LogP contribution in [0, 0.1) is 5.92 Å². The molecular weight excluding hydrogens is 266 g/mol. The first kappa shape index (κ1) is 12.5. The van der Waals surface area contributed by atoms with Crippen LogP contribution in [0.25, 0.3) is 0 Å². The average molecular weight is 282 g/mol. The van der Waals surface area contributed by atoms with Crippen molar-refractivity contribution in [2.75, 3.05) is 17.6 Å². The Balaban J connectivity index is 1.68. The highest BCUT2D eigenvalue weighted by Crippen LogP contribution is 2.38. The molecule has 3 atom stereocenters. The summed E-state index contributed by atoms with van der Waals surface area (Å²) in [5.74, 6) is 1.57. The van der Waals surface area contributed by atoms with Crippen LogP contribution in [-0.2, 0) is 4.79 Å². The number of likely N-dealkylation sites (tertiary alicyclic amines) is 1. The Bertz CT molecular complexity index is 523. The maximum atomic E-state index is 11.9. The third-order valence-electron chi connectivity index (χ3n) is 3.78. The summed E-state index contributed by atoms with van der Waals surface area (Å²) < 4.78 is 0. The summed E-state index contributed by atoms with van der Waals surface area (Å²) in [4.78, 5) is 21.8. The number of halogens is 1. The standard InChI is InChI=1S/C12H16ClN5O/c1-6-2-8(6)18-4-7(3-9(18)19)17-12-10(13)11(14)15-5-16-12/h5-8H,2-4H2,1H3,(H3,14,15,16,17)/t6-,7+,8-/m1/s1. The van der Waals surface area contributed by atoms with Gasteiger partial charge in [0, 0.05) is 19.0 Å². The molecular formula is C12H16ClN5O. The summed E-state index contributed by atoms with van der Waals surface area (Å²) in [6.07, 6.45) is 2.95. The minimum atomic E-state index is 0.0344. The SMILES string of the molecule is C[C@@H]1C[C@H]1N1C[C@@H](Nc2ncnc(N)c2Cl)CC1=O. The number of nitrogens with one attached hydrogen (secondary N) is 1. The van der Waals surface area contributed by atoms with Crippen molar-refractivity contribution in [2.45, 2.75) is 31.8 Å². The number of nitrogens with two attached hydrogens (primary N) is 1. The van der Waals surface area contributed by atoms with Gasteiger partial charge in [0.1, 0.15) is 17.2 Å². The molecule has 0 radical (unpaired) electrons. The molecule has 1 aromatic rings. The fourth-order valence-electron chi connectivity index (χ4n) is 2.56. The van der Waals surface area contributed by atoms with Gasteiger partial charge in [-0.2, -0.15) is 0 Å². The van der Waals surface area contributed by atoms with Crippen LogP contribution in [0.2, 0.25) is 5.02 Å². The first-order valence-corrected chi connectivity index (χ1v) is 6.76. The van der Waals surface area contributed by atoms with Crippen molar-refractivity contribution in [3.63, 3.8) is 0 Å². The molecule has 0 aromatic carbocycles. The van der Waals surface area contributed by atoms with Gasteiger partial charge in [0.25, 0.3) is 0 Å². The van der Waals surface area contributed by atoms with Gasteiger partial charge in [0.05, 0.1) is 6.04 Å². The van der Waals surface area contributed by atoms with Crippen LogP contribution in [0.4, 0.5) is 11.6 Å². The summed E-state index contributed by atoms with van der Waals surface area (Å²) in [5, 5.41) is 3.50. The number of amides is 1. The van der Waals surface area contributed by atoms with Crippen molar-refractivity contribution in [3.05, 3.63) is 11.3 Å². The predicted molar refractivity (Wildman–Crippen MR) is 72.8 cm³/mol. The quantitative estimate of drug-likeness (QED) is 0.868. The molecule has 19 heavy (non-hydrogen) atoms. The zero-order chi connectivity index (χ0) is 13.6. The number of aromatic nitrogens is 2. The molecule has 3 N–H and O–H groups in total. The second kappa shape index (κ2) is 4.52. The van der Waals surface area contributed by atoms with E-state index in [-0.39, 0.29) is 17.8 Å². The van der Waals surface area contributed by atoms with Gasteiger partial charge in [-0.1, -0.05) is 18.5 Å². The fourth-order valence-corrected chi connectivity index (χ4v) is 2.72. The third kappa shape index (κ3) is 2.32. The molecule has 6 nitrogen and oxygen atoms in total. The van der Waals surface area contributed by atoms with E-state index in [9.17, 15) is 4.79 Å². The molecule has 0 spiro atoms. The van der Waals surface area contributed by atoms with Crippen LogP contribution >= 0.6 is 11.6 Å². The van der Waals surface area contributed by atoms with Gasteiger partial charge < -0.3 is 16.0 Å². The molecule has 1 aliphatic heterocycles. The first-order chi connectivity index (χ1) is 9.06. The number of nitrogen functional groups attached to an aromatic ring is 1. The molecule has 2 fully saturated rings. The Hall–Kier alpha value is -1.56. The monoisotopic (exact) mass is 281 g/mol. The molecule has 2 heterocycles. The lowest BCUT2D eigenvalue weighted by atomic mass is 10.2. The summed E-state index contributed by atoms with van der Waals surface area (Å²) >= 11 is 6.03. The van der Waals surface area contributed by atoms with E-state index in [1.807, 2.05) is 4.90 Å². The number of anilines is 2. The van der Waals surface area contributed by atoms with E-state index in [0.717, 1.165) is 6.42 Å². The largest absolute Gasteiger partial charge is 0.382 e. The van der Waals surface area contributed by atoms with Crippen molar-refractivity contribution in [3.8, 4) is 0 Å². The Morgan fingerprint density at radius 1 is 1.53 bits per heavy atom. The molecule has 1 amide bonds. The normalized spacial score (nSPS) is 29.7. The van der Waals surface area contributed by atoms with Gasteiger partial charge in [-0.05, 0) is 12.3 Å². The molecule has 0 bridgehead atoms. The lowest BCUT2D eigenvalue weighted by Crippen LogP contribution is -2.30. The number of nitrogens with zero attached hydrogens (tertiary/aromatic N) is 3. The van der Waals surface area contributed by atoms with E-state index >= 15 is 0 Å². The third-order valence-corrected chi connectivity index (χ3v) is 4.16. The lowest BCUT2D eigenvalue weighted by Gasteiger charge is -2.17. The van der Waals surface area contributed by atoms with Gasteiger partial charge in [-0.3, -0.25) is 4.79 Å². The van der Waals surface area contributed by atoms with Crippen molar-refractivity contribution in [1.82, 2.24) is 14.9 Å². The number of hydrogen-bond donors (Lipinski definition) is 2. The zero-order valence-electron chi connectivity index (χ0n) is 10.6. The highest BCUT2D eigenvalue weighted by molar-refractivity contribution is 6.35. The molecule has 0 unspecified atom stereocenters. The Labute approximate surface area is 116 Å². The number of hydrogen-bond acceptors (Lipinski definition) is 5. The second-order valence-corrected chi connectivity index (χ2v) is 5.67. The Morgan fingerprint density at radius 3 is 2.95 bits per heavy atom. The Morgan fingerprint density at radius 2 is 2.26 bits per heavy atom. The van der Waals surface area contributed by atoms with Crippen molar-refractivity contribution >= 4 is 29.1 Å². The van der Waals surface area contributed by atoms with Crippen LogP contribution in [0.1, 0.15) is 19.8 Å². The van der Waals surface area contributed by atoms with E-state index < -0.39 is 0 Å². The summed E-state index contributed by atoms with van der Waals surface area (Å²) in [5.41, 5.74) is 5.63. The fraction of sp³-hybridized carbons (Fsp3) is 0.583. The van der Waals surface area contributed by atoms with Gasteiger partial charge >= 0.3 is 0 Å². The number of rotatable bonds is 3. The van der Waals surface area contributed by atoms with Gasteiger partial charge in [-0.25, -0.2) is 9.97 Å². The summed E-state index contributed by atoms with van der Waals surface area (Å²) in [6.45, 7) is 2.87. The van der Waals surface area contributed by atoms with E-state index in [1.54, 1.807) is 0 Å². The molecule has 2 aliphatic rings.